The summed E-state index contributed by atoms with van der Waals surface area (Å²) in [5.41, 5.74) is 2.71. The van der Waals surface area contributed by atoms with Gasteiger partial charge in [0.2, 0.25) is 5.91 Å². The fourth-order valence-corrected chi connectivity index (χ4v) is 3.68. The van der Waals surface area contributed by atoms with Crippen LogP contribution in [0, 0.1) is 13.8 Å². The molecule has 3 rings (SSSR count). The van der Waals surface area contributed by atoms with Crippen LogP contribution < -0.4 is 10.9 Å². The van der Waals surface area contributed by atoms with Crippen LogP contribution in [0.3, 0.4) is 0 Å². The van der Waals surface area contributed by atoms with Crippen molar-refractivity contribution in [3.05, 3.63) is 57.0 Å². The van der Waals surface area contributed by atoms with Crippen molar-refractivity contribution in [2.24, 2.45) is 0 Å². The Labute approximate surface area is 150 Å². The van der Waals surface area contributed by atoms with Crippen LogP contribution in [0.4, 0.5) is 5.69 Å². The second-order valence-corrected chi connectivity index (χ2v) is 7.34. The van der Waals surface area contributed by atoms with Crippen LogP contribution in [0.1, 0.15) is 35.9 Å². The highest BCUT2D eigenvalue weighted by Crippen LogP contribution is 2.22. The first-order valence-electron chi connectivity index (χ1n) is 8.28. The van der Waals surface area contributed by atoms with Gasteiger partial charge in [-0.1, -0.05) is 24.6 Å². The van der Waals surface area contributed by atoms with Gasteiger partial charge in [-0.15, -0.1) is 11.3 Å². The summed E-state index contributed by atoms with van der Waals surface area (Å²) in [6.07, 6.45) is 2.33. The number of benzene rings is 1. The highest BCUT2D eigenvalue weighted by molar-refractivity contribution is 7.18. The van der Waals surface area contributed by atoms with E-state index in [2.05, 4.69) is 10.3 Å². The van der Waals surface area contributed by atoms with Gasteiger partial charge in [-0.05, 0) is 44.9 Å². The van der Waals surface area contributed by atoms with Crippen molar-refractivity contribution in [3.8, 4) is 0 Å². The normalized spacial score (nSPS) is 12.3. The molecule has 1 N–H and O–H groups in total. The lowest BCUT2D eigenvalue weighted by Crippen LogP contribution is -2.31. The molecule has 0 bridgehead atoms. The number of hydrogen-bond acceptors (Lipinski definition) is 4. The van der Waals surface area contributed by atoms with Gasteiger partial charge < -0.3 is 5.32 Å². The number of fused-ring (bicyclic) bond motifs is 1. The van der Waals surface area contributed by atoms with Crippen LogP contribution in [0.25, 0.3) is 10.2 Å². The van der Waals surface area contributed by atoms with Gasteiger partial charge >= 0.3 is 0 Å². The second-order valence-electron chi connectivity index (χ2n) is 6.23. The number of amides is 1. The van der Waals surface area contributed by atoms with E-state index >= 15 is 0 Å². The first kappa shape index (κ1) is 17.4. The molecule has 1 aromatic carbocycles. The van der Waals surface area contributed by atoms with Crippen molar-refractivity contribution >= 4 is 33.1 Å². The Kier molecular flexibility index (Phi) is 4.72. The average Bonchev–Trinajstić information content (AvgIpc) is 3.01. The summed E-state index contributed by atoms with van der Waals surface area (Å²) >= 11 is 1.52. The second kappa shape index (κ2) is 6.80. The smallest absolute Gasteiger partial charge is 0.262 e. The molecule has 5 nitrogen and oxygen atoms in total. The molecule has 0 spiro atoms. The van der Waals surface area contributed by atoms with Crippen LogP contribution in [-0.4, -0.2) is 15.5 Å². The quantitative estimate of drug-likeness (QED) is 0.773. The van der Waals surface area contributed by atoms with Crippen molar-refractivity contribution < 1.29 is 4.79 Å². The predicted molar refractivity (Wildman–Crippen MR) is 103 cm³/mol. The number of aromatic nitrogens is 2. The molecule has 0 saturated heterocycles. The Balaban J connectivity index is 1.90. The maximum absolute atomic E-state index is 12.7. The summed E-state index contributed by atoms with van der Waals surface area (Å²) in [6.45, 7) is 7.71. The summed E-state index contributed by atoms with van der Waals surface area (Å²) in [4.78, 5) is 31.5. The minimum Gasteiger partial charge on any atom is -0.324 e. The Bertz CT molecular complexity index is 1000. The SMILES string of the molecule is CCc1cc2c(=O)n(C(C)C(=O)Nc3ccc(C)cc3C)cnc2s1. The van der Waals surface area contributed by atoms with Crippen LogP contribution in [-0.2, 0) is 11.2 Å². The van der Waals surface area contributed by atoms with Crippen molar-refractivity contribution in [1.29, 1.82) is 0 Å². The zero-order valence-corrected chi connectivity index (χ0v) is 15.6. The zero-order valence-electron chi connectivity index (χ0n) is 14.8. The van der Waals surface area contributed by atoms with Crippen LogP contribution in [0.5, 0.6) is 0 Å². The number of carbonyl (C=O) groups excluding carboxylic acids is 1. The third-order valence-corrected chi connectivity index (χ3v) is 5.50. The zero-order chi connectivity index (χ0) is 18.1. The Hall–Kier alpha value is -2.47. The minimum atomic E-state index is -0.643. The molecule has 2 aromatic heterocycles. The van der Waals surface area contributed by atoms with Crippen molar-refractivity contribution in [2.75, 3.05) is 5.32 Å². The fourth-order valence-electron chi connectivity index (χ4n) is 2.75. The first-order chi connectivity index (χ1) is 11.9. The summed E-state index contributed by atoms with van der Waals surface area (Å²) in [6, 6.07) is 7.07. The Morgan fingerprint density at radius 2 is 2.08 bits per heavy atom. The number of rotatable bonds is 4. The van der Waals surface area contributed by atoms with E-state index in [4.69, 9.17) is 0 Å². The van der Waals surface area contributed by atoms with E-state index in [-0.39, 0.29) is 11.5 Å². The standard InChI is InChI=1S/C19H21N3O2S/c1-5-14-9-15-18(25-14)20-10-22(19(15)24)13(4)17(23)21-16-7-6-11(2)8-12(16)3/h6-10,13H,5H2,1-4H3,(H,21,23). The third kappa shape index (κ3) is 3.35. The average molecular weight is 355 g/mol. The van der Waals surface area contributed by atoms with E-state index in [1.807, 2.05) is 45.0 Å². The number of aryl methyl sites for hydroxylation is 3. The van der Waals surface area contributed by atoms with Gasteiger partial charge in [0, 0.05) is 10.6 Å². The molecule has 1 unspecified atom stereocenters. The molecular formula is C19H21N3O2S. The minimum absolute atomic E-state index is 0.177. The number of thiophene rings is 1. The van der Waals surface area contributed by atoms with E-state index in [0.717, 1.165) is 32.9 Å². The van der Waals surface area contributed by atoms with Gasteiger partial charge in [0.25, 0.3) is 5.56 Å². The van der Waals surface area contributed by atoms with Crippen molar-refractivity contribution in [1.82, 2.24) is 9.55 Å². The number of nitrogens with one attached hydrogen (secondary N) is 1. The lowest BCUT2D eigenvalue weighted by molar-refractivity contribution is -0.118. The van der Waals surface area contributed by atoms with E-state index in [0.29, 0.717) is 5.39 Å². The summed E-state index contributed by atoms with van der Waals surface area (Å²) < 4.78 is 1.40. The lowest BCUT2D eigenvalue weighted by atomic mass is 10.1. The molecule has 1 atom stereocenters. The van der Waals surface area contributed by atoms with Gasteiger partial charge in [-0.3, -0.25) is 14.2 Å². The third-order valence-electron chi connectivity index (χ3n) is 4.31. The molecular weight excluding hydrogens is 334 g/mol. The molecule has 0 fully saturated rings. The summed E-state index contributed by atoms with van der Waals surface area (Å²) in [5, 5.41) is 3.48. The van der Waals surface area contributed by atoms with Gasteiger partial charge in [-0.2, -0.15) is 0 Å². The van der Waals surface area contributed by atoms with Crippen molar-refractivity contribution in [2.45, 2.75) is 40.2 Å². The molecule has 25 heavy (non-hydrogen) atoms. The maximum atomic E-state index is 12.7. The fraction of sp³-hybridized carbons (Fsp3) is 0.316. The van der Waals surface area contributed by atoms with Gasteiger partial charge in [0.05, 0.1) is 11.7 Å². The van der Waals surface area contributed by atoms with E-state index in [1.165, 1.54) is 22.2 Å². The van der Waals surface area contributed by atoms with Gasteiger partial charge in [-0.25, -0.2) is 4.98 Å². The molecule has 0 aliphatic carbocycles. The first-order valence-corrected chi connectivity index (χ1v) is 9.10. The van der Waals surface area contributed by atoms with Gasteiger partial charge in [0.15, 0.2) is 0 Å². The molecule has 1 amide bonds. The topological polar surface area (TPSA) is 64.0 Å². The molecule has 2 heterocycles. The number of carbonyl (C=O) groups is 1. The molecule has 0 saturated carbocycles. The maximum Gasteiger partial charge on any atom is 0.262 e. The number of anilines is 1. The molecule has 6 heteroatoms. The molecule has 0 radical (unpaired) electrons. The van der Waals surface area contributed by atoms with Crippen LogP contribution in [0.15, 0.2) is 35.4 Å². The Morgan fingerprint density at radius 3 is 2.76 bits per heavy atom. The largest absolute Gasteiger partial charge is 0.324 e. The molecule has 0 aliphatic rings. The summed E-state index contributed by atoms with van der Waals surface area (Å²) in [5.74, 6) is -0.235. The highest BCUT2D eigenvalue weighted by Gasteiger charge is 2.19. The molecule has 3 aromatic rings. The van der Waals surface area contributed by atoms with E-state index < -0.39 is 6.04 Å². The molecule has 130 valence electrons. The van der Waals surface area contributed by atoms with Crippen LogP contribution in [0.2, 0.25) is 0 Å². The highest BCUT2D eigenvalue weighted by atomic mass is 32.1. The van der Waals surface area contributed by atoms with Crippen LogP contribution >= 0.6 is 11.3 Å². The lowest BCUT2D eigenvalue weighted by Gasteiger charge is -2.16. The summed E-state index contributed by atoms with van der Waals surface area (Å²) in [7, 11) is 0. The number of nitrogens with zero attached hydrogens (tertiary/aromatic N) is 2. The van der Waals surface area contributed by atoms with E-state index in [1.54, 1.807) is 6.92 Å². The molecule has 0 aliphatic heterocycles. The van der Waals surface area contributed by atoms with Gasteiger partial charge in [0.1, 0.15) is 10.9 Å². The van der Waals surface area contributed by atoms with Crippen molar-refractivity contribution in [3.63, 3.8) is 0 Å². The van der Waals surface area contributed by atoms with E-state index in [9.17, 15) is 9.59 Å². The Morgan fingerprint density at radius 1 is 1.32 bits per heavy atom. The monoisotopic (exact) mass is 355 g/mol. The number of hydrogen-bond donors (Lipinski definition) is 1. The predicted octanol–water partition coefficient (Wildman–Crippen LogP) is 3.84.